The summed E-state index contributed by atoms with van der Waals surface area (Å²) >= 11 is 0. The average Bonchev–Trinajstić information content (AvgIpc) is 2.47. The van der Waals surface area contributed by atoms with Crippen LogP contribution in [0.3, 0.4) is 0 Å². The highest BCUT2D eigenvalue weighted by Gasteiger charge is 2.29. The van der Waals surface area contributed by atoms with Crippen molar-refractivity contribution in [2.75, 3.05) is 6.54 Å². The van der Waals surface area contributed by atoms with Crippen molar-refractivity contribution in [3.05, 3.63) is 71.3 Å². The lowest BCUT2D eigenvalue weighted by Crippen LogP contribution is -2.13. The molecular weight excluding hydrogens is 275 g/mol. The van der Waals surface area contributed by atoms with Crippen molar-refractivity contribution in [3.63, 3.8) is 0 Å². The van der Waals surface area contributed by atoms with Crippen LogP contribution in [0.1, 0.15) is 16.7 Å². The molecule has 0 heterocycles. The fraction of sp³-hybridized carbons (Fsp3) is 0.176. The Bertz CT molecular complexity index is 619. The van der Waals surface area contributed by atoms with Crippen molar-refractivity contribution in [1.82, 2.24) is 5.32 Å². The van der Waals surface area contributed by atoms with Gasteiger partial charge in [0.15, 0.2) is 0 Å². The Kier molecular flexibility index (Phi) is 5.02. The molecule has 2 aromatic rings. The molecule has 0 saturated heterocycles. The first kappa shape index (κ1) is 15.1. The Balaban J connectivity index is 1.80. The molecule has 0 aliphatic heterocycles. The van der Waals surface area contributed by atoms with Gasteiger partial charge < -0.3 is 5.32 Å². The minimum Gasteiger partial charge on any atom is -0.302 e. The van der Waals surface area contributed by atoms with Crippen molar-refractivity contribution < 1.29 is 13.2 Å². The van der Waals surface area contributed by atoms with Gasteiger partial charge >= 0.3 is 6.18 Å². The zero-order chi connectivity index (χ0) is 15.1. The van der Waals surface area contributed by atoms with Gasteiger partial charge in [0.25, 0.3) is 0 Å². The second kappa shape index (κ2) is 6.96. The van der Waals surface area contributed by atoms with E-state index in [-0.39, 0.29) is 0 Å². The van der Waals surface area contributed by atoms with Crippen LogP contribution in [-0.2, 0) is 12.7 Å². The SMILES string of the molecule is FC(F)(F)c1ccc(CNCC#Cc2ccccc2)cc1. The molecule has 1 nitrogen and oxygen atoms in total. The third-order valence-corrected chi connectivity index (χ3v) is 2.83. The minimum absolute atomic E-state index is 0.482. The molecule has 21 heavy (non-hydrogen) atoms. The monoisotopic (exact) mass is 289 g/mol. The van der Waals surface area contributed by atoms with Crippen LogP contribution >= 0.6 is 0 Å². The van der Waals surface area contributed by atoms with Gasteiger partial charge in [0.2, 0.25) is 0 Å². The van der Waals surface area contributed by atoms with Gasteiger partial charge in [0, 0.05) is 12.1 Å². The van der Waals surface area contributed by atoms with Crippen LogP contribution in [0, 0.1) is 11.8 Å². The lowest BCUT2D eigenvalue weighted by Gasteiger charge is -2.07. The van der Waals surface area contributed by atoms with E-state index in [4.69, 9.17) is 0 Å². The molecule has 1 N–H and O–H groups in total. The van der Waals surface area contributed by atoms with Gasteiger partial charge in [-0.25, -0.2) is 0 Å². The normalized spacial score (nSPS) is 10.8. The van der Waals surface area contributed by atoms with Gasteiger partial charge in [-0.3, -0.25) is 0 Å². The second-order valence-corrected chi connectivity index (χ2v) is 4.47. The van der Waals surface area contributed by atoms with E-state index in [1.807, 2.05) is 30.3 Å². The van der Waals surface area contributed by atoms with Crippen LogP contribution in [0.4, 0.5) is 13.2 Å². The summed E-state index contributed by atoms with van der Waals surface area (Å²) in [5.41, 5.74) is 1.11. The summed E-state index contributed by atoms with van der Waals surface area (Å²) in [4.78, 5) is 0. The Morgan fingerprint density at radius 2 is 1.57 bits per heavy atom. The lowest BCUT2D eigenvalue weighted by molar-refractivity contribution is -0.137. The zero-order valence-electron chi connectivity index (χ0n) is 11.2. The van der Waals surface area contributed by atoms with Crippen molar-refractivity contribution in [2.45, 2.75) is 12.7 Å². The Labute approximate surface area is 121 Å². The van der Waals surface area contributed by atoms with E-state index in [9.17, 15) is 13.2 Å². The molecule has 0 aliphatic carbocycles. The quantitative estimate of drug-likeness (QED) is 0.668. The number of benzene rings is 2. The first-order valence-electron chi connectivity index (χ1n) is 6.46. The summed E-state index contributed by atoms with van der Waals surface area (Å²) < 4.78 is 37.2. The van der Waals surface area contributed by atoms with Gasteiger partial charge in [0.1, 0.15) is 0 Å². The zero-order valence-corrected chi connectivity index (χ0v) is 11.2. The van der Waals surface area contributed by atoms with Gasteiger partial charge in [-0.1, -0.05) is 42.2 Å². The van der Waals surface area contributed by atoms with E-state index < -0.39 is 11.7 Å². The van der Waals surface area contributed by atoms with E-state index >= 15 is 0 Å². The molecule has 0 spiro atoms. The molecule has 2 aromatic carbocycles. The topological polar surface area (TPSA) is 12.0 Å². The molecule has 0 aromatic heterocycles. The van der Waals surface area contributed by atoms with Crippen LogP contribution in [0.2, 0.25) is 0 Å². The largest absolute Gasteiger partial charge is 0.416 e. The Hall–Kier alpha value is -2.25. The minimum atomic E-state index is -4.28. The molecule has 0 unspecified atom stereocenters. The van der Waals surface area contributed by atoms with Gasteiger partial charge in [-0.15, -0.1) is 0 Å². The van der Waals surface area contributed by atoms with Crippen molar-refractivity contribution in [3.8, 4) is 11.8 Å². The highest BCUT2D eigenvalue weighted by molar-refractivity contribution is 5.33. The summed E-state index contributed by atoms with van der Waals surface area (Å²) in [7, 11) is 0. The highest BCUT2D eigenvalue weighted by atomic mass is 19.4. The van der Waals surface area contributed by atoms with E-state index in [1.54, 1.807) is 0 Å². The van der Waals surface area contributed by atoms with E-state index in [2.05, 4.69) is 17.2 Å². The molecule has 0 bridgehead atoms. The number of hydrogen-bond donors (Lipinski definition) is 1. The number of nitrogens with one attached hydrogen (secondary N) is 1. The number of alkyl halides is 3. The van der Waals surface area contributed by atoms with Crippen molar-refractivity contribution in [1.29, 1.82) is 0 Å². The highest BCUT2D eigenvalue weighted by Crippen LogP contribution is 2.28. The van der Waals surface area contributed by atoms with E-state index in [0.717, 1.165) is 23.3 Å². The van der Waals surface area contributed by atoms with Crippen LogP contribution in [0.25, 0.3) is 0 Å². The van der Waals surface area contributed by atoms with E-state index in [1.165, 1.54) is 12.1 Å². The second-order valence-electron chi connectivity index (χ2n) is 4.47. The van der Waals surface area contributed by atoms with E-state index in [0.29, 0.717) is 13.1 Å². The summed E-state index contributed by atoms with van der Waals surface area (Å²) in [6.45, 7) is 0.970. The number of halogens is 3. The van der Waals surface area contributed by atoms with Gasteiger partial charge in [0.05, 0.1) is 12.1 Å². The molecule has 4 heteroatoms. The fourth-order valence-electron chi connectivity index (χ4n) is 1.75. The lowest BCUT2D eigenvalue weighted by atomic mass is 10.1. The predicted octanol–water partition coefficient (Wildman–Crippen LogP) is 3.85. The molecule has 0 amide bonds. The maximum Gasteiger partial charge on any atom is 0.416 e. The fourth-order valence-corrected chi connectivity index (χ4v) is 1.75. The molecule has 0 radical (unpaired) electrons. The molecule has 108 valence electrons. The Morgan fingerprint density at radius 1 is 0.905 bits per heavy atom. The molecule has 0 aliphatic rings. The van der Waals surface area contributed by atoms with Crippen molar-refractivity contribution in [2.24, 2.45) is 0 Å². The summed E-state index contributed by atoms with van der Waals surface area (Å²) in [5, 5.41) is 3.08. The van der Waals surface area contributed by atoms with Crippen LogP contribution in [0.15, 0.2) is 54.6 Å². The average molecular weight is 289 g/mol. The first-order valence-corrected chi connectivity index (χ1v) is 6.46. The standard InChI is InChI=1S/C17H14F3N/c18-17(19,20)16-10-8-15(9-11-16)13-21-12-4-7-14-5-2-1-3-6-14/h1-3,5-6,8-11,21H,12-13H2. The summed E-state index contributed by atoms with van der Waals surface area (Å²) in [6, 6.07) is 14.7. The van der Waals surface area contributed by atoms with Gasteiger partial charge in [-0.2, -0.15) is 13.2 Å². The molecule has 0 fully saturated rings. The number of rotatable bonds is 3. The van der Waals surface area contributed by atoms with Crippen molar-refractivity contribution >= 4 is 0 Å². The van der Waals surface area contributed by atoms with Gasteiger partial charge in [-0.05, 0) is 29.8 Å². The van der Waals surface area contributed by atoms with Crippen LogP contribution < -0.4 is 5.32 Å². The Morgan fingerprint density at radius 3 is 2.19 bits per heavy atom. The third kappa shape index (κ3) is 4.97. The first-order chi connectivity index (χ1) is 10.1. The maximum atomic E-state index is 12.4. The molecular formula is C17H14F3N. The summed E-state index contributed by atoms with van der Waals surface area (Å²) in [6.07, 6.45) is -4.28. The molecule has 2 rings (SSSR count). The van der Waals surface area contributed by atoms with Crippen LogP contribution in [0.5, 0.6) is 0 Å². The smallest absolute Gasteiger partial charge is 0.302 e. The predicted molar refractivity (Wildman–Crippen MR) is 76.5 cm³/mol. The van der Waals surface area contributed by atoms with Crippen LogP contribution in [-0.4, -0.2) is 6.54 Å². The molecule has 0 atom stereocenters. The summed E-state index contributed by atoms with van der Waals surface area (Å²) in [5.74, 6) is 5.97. The third-order valence-electron chi connectivity index (χ3n) is 2.83. The molecule has 0 saturated carbocycles. The number of hydrogen-bond acceptors (Lipinski definition) is 1. The maximum absolute atomic E-state index is 12.4.